The molecule has 0 spiro atoms. The third kappa shape index (κ3) is 3.50. The number of nitrogens with one attached hydrogen (secondary N) is 1. The normalized spacial score (nSPS) is 11.9. The van der Waals surface area contributed by atoms with Gasteiger partial charge in [0.05, 0.1) is 11.1 Å². The van der Waals surface area contributed by atoms with Crippen molar-refractivity contribution in [2.24, 2.45) is 0 Å². The number of carboxylic acids is 1. The first-order valence-electron chi connectivity index (χ1n) is 4.55. The number of hydrogen-bond acceptors (Lipinski definition) is 3. The lowest BCUT2D eigenvalue weighted by atomic mass is 10.2. The summed E-state index contributed by atoms with van der Waals surface area (Å²) >= 11 is 2.93. The van der Waals surface area contributed by atoms with Crippen molar-refractivity contribution >= 4 is 27.8 Å². The van der Waals surface area contributed by atoms with Crippen LogP contribution in [0.4, 0.5) is 4.39 Å². The third-order valence-electron chi connectivity index (χ3n) is 1.97. The second-order valence-corrected chi connectivity index (χ2v) is 4.03. The number of aliphatic carboxylic acids is 1. The number of benzene rings is 1. The molecule has 1 amide bonds. The molecule has 17 heavy (non-hydrogen) atoms. The van der Waals surface area contributed by atoms with Crippen molar-refractivity contribution in [1.82, 2.24) is 5.32 Å². The zero-order valence-corrected chi connectivity index (χ0v) is 10.1. The number of carboxylic acid groups (broad SMARTS) is 1. The molecule has 0 saturated carbocycles. The second-order valence-electron chi connectivity index (χ2n) is 3.18. The average molecular weight is 306 g/mol. The predicted octanol–water partition coefficient (Wildman–Crippen LogP) is 0.763. The van der Waals surface area contributed by atoms with E-state index in [1.807, 2.05) is 0 Å². The quantitative estimate of drug-likeness (QED) is 0.766. The SMILES string of the molecule is O=C(N[C@@H](CO)C(=O)O)c1ccc(Br)c(F)c1. The van der Waals surface area contributed by atoms with E-state index in [0.717, 1.165) is 6.07 Å². The molecule has 0 heterocycles. The lowest BCUT2D eigenvalue weighted by Crippen LogP contribution is -2.43. The van der Waals surface area contributed by atoms with Crippen LogP contribution in [-0.2, 0) is 4.79 Å². The Balaban J connectivity index is 2.82. The Morgan fingerprint density at radius 1 is 1.47 bits per heavy atom. The smallest absolute Gasteiger partial charge is 0.328 e. The number of hydrogen-bond donors (Lipinski definition) is 3. The molecule has 0 aliphatic rings. The molecule has 1 aromatic carbocycles. The molecule has 0 radical (unpaired) electrons. The largest absolute Gasteiger partial charge is 0.480 e. The second kappa shape index (κ2) is 5.74. The Morgan fingerprint density at radius 2 is 2.12 bits per heavy atom. The maximum atomic E-state index is 13.1. The Hall–Kier alpha value is -1.47. The summed E-state index contributed by atoms with van der Waals surface area (Å²) < 4.78 is 13.3. The van der Waals surface area contributed by atoms with Gasteiger partial charge >= 0.3 is 5.97 Å². The molecule has 1 aromatic rings. The average Bonchev–Trinajstić information content (AvgIpc) is 2.28. The summed E-state index contributed by atoms with van der Waals surface area (Å²) in [6.45, 7) is -0.736. The van der Waals surface area contributed by atoms with E-state index in [-0.39, 0.29) is 10.0 Å². The van der Waals surface area contributed by atoms with E-state index >= 15 is 0 Å². The van der Waals surface area contributed by atoms with Crippen LogP contribution in [0.5, 0.6) is 0 Å². The van der Waals surface area contributed by atoms with Crippen LogP contribution in [0.25, 0.3) is 0 Å². The monoisotopic (exact) mass is 305 g/mol. The number of aliphatic hydroxyl groups excluding tert-OH is 1. The lowest BCUT2D eigenvalue weighted by molar-refractivity contribution is -0.140. The Kier molecular flexibility index (Phi) is 4.59. The van der Waals surface area contributed by atoms with Crippen molar-refractivity contribution in [3.63, 3.8) is 0 Å². The molecule has 1 atom stereocenters. The Labute approximate surface area is 104 Å². The van der Waals surface area contributed by atoms with Crippen molar-refractivity contribution in [3.05, 3.63) is 34.1 Å². The fraction of sp³-hybridized carbons (Fsp3) is 0.200. The minimum atomic E-state index is -1.41. The number of carbonyl (C=O) groups is 2. The van der Waals surface area contributed by atoms with Gasteiger partial charge in [-0.1, -0.05) is 0 Å². The first-order valence-corrected chi connectivity index (χ1v) is 5.34. The van der Waals surface area contributed by atoms with Crippen molar-refractivity contribution in [2.45, 2.75) is 6.04 Å². The van der Waals surface area contributed by atoms with Gasteiger partial charge in [-0.15, -0.1) is 0 Å². The van der Waals surface area contributed by atoms with Crippen LogP contribution in [-0.4, -0.2) is 34.7 Å². The van der Waals surface area contributed by atoms with Gasteiger partial charge < -0.3 is 15.5 Å². The van der Waals surface area contributed by atoms with E-state index in [4.69, 9.17) is 10.2 Å². The maximum Gasteiger partial charge on any atom is 0.328 e. The van der Waals surface area contributed by atoms with E-state index < -0.39 is 30.3 Å². The van der Waals surface area contributed by atoms with Crippen LogP contribution in [0, 0.1) is 5.82 Å². The van der Waals surface area contributed by atoms with Crippen LogP contribution in [0.3, 0.4) is 0 Å². The van der Waals surface area contributed by atoms with Gasteiger partial charge in [-0.3, -0.25) is 4.79 Å². The van der Waals surface area contributed by atoms with E-state index in [9.17, 15) is 14.0 Å². The predicted molar refractivity (Wildman–Crippen MR) is 60.1 cm³/mol. The first-order chi connectivity index (χ1) is 7.95. The summed E-state index contributed by atoms with van der Waals surface area (Å²) in [5, 5.41) is 19.4. The van der Waals surface area contributed by atoms with Crippen LogP contribution in [0.2, 0.25) is 0 Å². The van der Waals surface area contributed by atoms with Crippen LogP contribution in [0.1, 0.15) is 10.4 Å². The van der Waals surface area contributed by atoms with E-state index in [1.165, 1.54) is 12.1 Å². The zero-order valence-electron chi connectivity index (χ0n) is 8.48. The van der Waals surface area contributed by atoms with Gasteiger partial charge in [-0.05, 0) is 34.1 Å². The van der Waals surface area contributed by atoms with E-state index in [2.05, 4.69) is 21.2 Å². The standard InChI is InChI=1S/C10H9BrFNO4/c11-6-2-1-5(3-7(6)12)9(15)13-8(4-14)10(16)17/h1-3,8,14H,4H2,(H,13,15)(H,16,17)/t8-/m0/s1. The highest BCUT2D eigenvalue weighted by Crippen LogP contribution is 2.16. The highest BCUT2D eigenvalue weighted by molar-refractivity contribution is 9.10. The van der Waals surface area contributed by atoms with Gasteiger partial charge in [-0.2, -0.15) is 0 Å². The summed E-state index contributed by atoms with van der Waals surface area (Å²) in [4.78, 5) is 22.1. The Bertz CT molecular complexity index is 452. The summed E-state index contributed by atoms with van der Waals surface area (Å²) in [6.07, 6.45) is 0. The molecule has 5 nitrogen and oxygen atoms in total. The summed E-state index contributed by atoms with van der Waals surface area (Å²) in [5.41, 5.74) is -0.0228. The van der Waals surface area contributed by atoms with Crippen molar-refractivity contribution in [3.8, 4) is 0 Å². The zero-order chi connectivity index (χ0) is 13.0. The fourth-order valence-corrected chi connectivity index (χ4v) is 1.31. The molecule has 0 fully saturated rings. The molecule has 1 rings (SSSR count). The molecule has 3 N–H and O–H groups in total. The van der Waals surface area contributed by atoms with Gasteiger partial charge in [0.25, 0.3) is 5.91 Å². The molecular weight excluding hydrogens is 297 g/mol. The molecule has 0 unspecified atom stereocenters. The number of aliphatic hydroxyl groups is 1. The topological polar surface area (TPSA) is 86.6 Å². The van der Waals surface area contributed by atoms with E-state index in [1.54, 1.807) is 0 Å². The molecule has 0 bridgehead atoms. The van der Waals surface area contributed by atoms with Gasteiger partial charge in [0, 0.05) is 5.56 Å². The lowest BCUT2D eigenvalue weighted by Gasteiger charge is -2.11. The minimum Gasteiger partial charge on any atom is -0.480 e. The highest BCUT2D eigenvalue weighted by Gasteiger charge is 2.19. The Morgan fingerprint density at radius 3 is 2.59 bits per heavy atom. The van der Waals surface area contributed by atoms with Crippen LogP contribution < -0.4 is 5.32 Å². The van der Waals surface area contributed by atoms with Gasteiger partial charge in [-0.25, -0.2) is 9.18 Å². The molecule has 0 aliphatic carbocycles. The highest BCUT2D eigenvalue weighted by atomic mass is 79.9. The maximum absolute atomic E-state index is 13.1. The van der Waals surface area contributed by atoms with Crippen molar-refractivity contribution < 1.29 is 24.2 Å². The molecule has 92 valence electrons. The molecule has 0 saturated heterocycles. The summed E-state index contributed by atoms with van der Waals surface area (Å²) in [7, 11) is 0. The van der Waals surface area contributed by atoms with Crippen molar-refractivity contribution in [1.29, 1.82) is 0 Å². The summed E-state index contributed by atoms with van der Waals surface area (Å²) in [6, 6.07) is 2.22. The minimum absolute atomic E-state index is 0.0228. The van der Waals surface area contributed by atoms with Crippen molar-refractivity contribution in [2.75, 3.05) is 6.61 Å². The summed E-state index contributed by atoms with van der Waals surface area (Å²) in [5.74, 6) is -2.76. The molecule has 0 aliphatic heterocycles. The van der Waals surface area contributed by atoms with Gasteiger partial charge in [0.1, 0.15) is 5.82 Å². The van der Waals surface area contributed by atoms with Gasteiger partial charge in [0.15, 0.2) is 6.04 Å². The van der Waals surface area contributed by atoms with E-state index in [0.29, 0.717) is 0 Å². The molecule has 7 heteroatoms. The third-order valence-corrected chi connectivity index (χ3v) is 2.61. The van der Waals surface area contributed by atoms with Crippen LogP contribution in [0.15, 0.2) is 22.7 Å². The number of amides is 1. The van der Waals surface area contributed by atoms with Crippen LogP contribution >= 0.6 is 15.9 Å². The molecular formula is C10H9BrFNO4. The number of halogens is 2. The fourth-order valence-electron chi connectivity index (χ4n) is 1.06. The number of rotatable bonds is 4. The first kappa shape index (κ1) is 13.6. The molecule has 0 aromatic heterocycles. The number of carbonyl (C=O) groups excluding carboxylic acids is 1. The van der Waals surface area contributed by atoms with Gasteiger partial charge in [0.2, 0.25) is 0 Å².